The number of hydrogen-bond acceptors (Lipinski definition) is 1. The van der Waals surface area contributed by atoms with E-state index in [0.29, 0.717) is 15.9 Å². The number of rotatable bonds is 2. The van der Waals surface area contributed by atoms with Crippen molar-refractivity contribution in [3.63, 3.8) is 0 Å². The number of alkyl halides is 1. The Kier molecular flexibility index (Phi) is 4.19. The second-order valence-electron chi connectivity index (χ2n) is 4.68. The zero-order valence-electron chi connectivity index (χ0n) is 11.0. The van der Waals surface area contributed by atoms with Crippen molar-refractivity contribution in [3.05, 3.63) is 56.2 Å². The molecule has 0 radical (unpaired) electrons. The van der Waals surface area contributed by atoms with Crippen LogP contribution in [0.25, 0.3) is 16.7 Å². The quantitative estimate of drug-likeness (QED) is 0.469. The number of imidazole rings is 1. The van der Waals surface area contributed by atoms with E-state index in [4.69, 9.17) is 34.8 Å². The fourth-order valence-electron chi connectivity index (χ4n) is 2.30. The fourth-order valence-corrected chi connectivity index (χ4v) is 3.15. The van der Waals surface area contributed by atoms with Crippen molar-refractivity contribution in [2.24, 2.45) is 0 Å². The summed E-state index contributed by atoms with van der Waals surface area (Å²) in [5.41, 5.74) is 3.80. The van der Waals surface area contributed by atoms with Crippen LogP contribution >= 0.6 is 50.7 Å². The van der Waals surface area contributed by atoms with Gasteiger partial charge in [0.2, 0.25) is 0 Å². The first kappa shape index (κ1) is 15.2. The molecule has 1 heterocycles. The van der Waals surface area contributed by atoms with E-state index in [1.165, 1.54) is 0 Å². The van der Waals surface area contributed by atoms with Gasteiger partial charge in [0.1, 0.15) is 5.82 Å². The van der Waals surface area contributed by atoms with Gasteiger partial charge < -0.3 is 0 Å². The third-order valence-electron chi connectivity index (χ3n) is 3.30. The molecule has 0 N–H and O–H groups in total. The second kappa shape index (κ2) is 5.81. The van der Waals surface area contributed by atoms with E-state index >= 15 is 0 Å². The highest BCUT2D eigenvalue weighted by molar-refractivity contribution is 9.10. The predicted octanol–water partition coefficient (Wildman–Crippen LogP) is 6.14. The molecule has 0 aliphatic carbocycles. The maximum absolute atomic E-state index is 6.16. The molecule has 0 saturated carbocycles. The lowest BCUT2D eigenvalue weighted by molar-refractivity contribution is 0.971. The average molecular weight is 405 g/mol. The minimum Gasteiger partial charge on any atom is -0.295 e. The Morgan fingerprint density at radius 3 is 2.57 bits per heavy atom. The number of aromatic nitrogens is 2. The first-order chi connectivity index (χ1) is 10.0. The highest BCUT2D eigenvalue weighted by Crippen LogP contribution is 2.32. The second-order valence-corrected chi connectivity index (χ2v) is 6.68. The first-order valence-corrected chi connectivity index (χ1v) is 8.28. The van der Waals surface area contributed by atoms with Gasteiger partial charge in [0.15, 0.2) is 0 Å². The molecule has 0 aliphatic heterocycles. The zero-order chi connectivity index (χ0) is 15.1. The first-order valence-electron chi connectivity index (χ1n) is 6.20. The SMILES string of the molecule is Cc1ccc(Br)cc1-n1c(CCl)nc2cc(Cl)c(Cl)cc21. The molecule has 0 spiro atoms. The third kappa shape index (κ3) is 2.68. The number of hydrogen-bond donors (Lipinski definition) is 0. The summed E-state index contributed by atoms with van der Waals surface area (Å²) in [5.74, 6) is 1.06. The molecule has 2 nitrogen and oxygen atoms in total. The molecular formula is C15H10BrCl3N2. The molecule has 0 aliphatic rings. The summed E-state index contributed by atoms with van der Waals surface area (Å²) in [6, 6.07) is 9.67. The van der Waals surface area contributed by atoms with E-state index in [0.717, 1.165) is 32.6 Å². The molecule has 0 bridgehead atoms. The third-order valence-corrected chi connectivity index (χ3v) is 4.75. The maximum atomic E-state index is 6.16. The van der Waals surface area contributed by atoms with Crippen LogP contribution in [0.4, 0.5) is 0 Å². The minimum absolute atomic E-state index is 0.301. The Balaban J connectivity index is 2.40. The summed E-state index contributed by atoms with van der Waals surface area (Å²) in [7, 11) is 0. The van der Waals surface area contributed by atoms with E-state index < -0.39 is 0 Å². The van der Waals surface area contributed by atoms with Crippen molar-refractivity contribution < 1.29 is 0 Å². The van der Waals surface area contributed by atoms with Crippen LogP contribution in [0.15, 0.2) is 34.8 Å². The summed E-state index contributed by atoms with van der Waals surface area (Å²) < 4.78 is 3.01. The predicted molar refractivity (Wildman–Crippen MR) is 93.1 cm³/mol. The molecule has 6 heteroatoms. The molecule has 2 aromatic carbocycles. The lowest BCUT2D eigenvalue weighted by Crippen LogP contribution is -2.01. The largest absolute Gasteiger partial charge is 0.295 e. The Morgan fingerprint density at radius 2 is 1.86 bits per heavy atom. The number of fused-ring (bicyclic) bond motifs is 1. The summed E-state index contributed by atoms with van der Waals surface area (Å²) in [4.78, 5) is 4.55. The molecule has 3 rings (SSSR count). The molecule has 0 atom stereocenters. The van der Waals surface area contributed by atoms with Gasteiger partial charge in [-0.25, -0.2) is 4.98 Å². The molecule has 0 saturated heterocycles. The summed E-state index contributed by atoms with van der Waals surface area (Å²) in [5, 5.41) is 0.986. The molecule has 0 fully saturated rings. The van der Waals surface area contributed by atoms with Crippen molar-refractivity contribution in [2.45, 2.75) is 12.8 Å². The van der Waals surface area contributed by atoms with Gasteiger partial charge in [0.05, 0.1) is 32.6 Å². The van der Waals surface area contributed by atoms with Crippen LogP contribution in [0, 0.1) is 6.92 Å². The summed E-state index contributed by atoms with van der Waals surface area (Å²) in [6.07, 6.45) is 0. The minimum atomic E-state index is 0.301. The molecule has 21 heavy (non-hydrogen) atoms. The van der Waals surface area contributed by atoms with Gasteiger partial charge in [-0.1, -0.05) is 45.2 Å². The number of aryl methyl sites for hydroxylation is 1. The molecular weight excluding hydrogens is 394 g/mol. The Labute approximate surface area is 145 Å². The normalized spacial score (nSPS) is 11.3. The van der Waals surface area contributed by atoms with Gasteiger partial charge in [-0.2, -0.15) is 0 Å². The van der Waals surface area contributed by atoms with Crippen LogP contribution in [0.1, 0.15) is 11.4 Å². The Morgan fingerprint density at radius 1 is 1.14 bits per heavy atom. The fraction of sp³-hybridized carbons (Fsp3) is 0.133. The Hall–Kier alpha value is -0.740. The van der Waals surface area contributed by atoms with Crippen LogP contribution in [0.2, 0.25) is 10.0 Å². The smallest absolute Gasteiger partial charge is 0.129 e. The highest BCUT2D eigenvalue weighted by atomic mass is 79.9. The van der Waals surface area contributed by atoms with Gasteiger partial charge in [-0.15, -0.1) is 11.6 Å². The van der Waals surface area contributed by atoms with Gasteiger partial charge in [-0.05, 0) is 36.8 Å². The number of halogens is 4. The van der Waals surface area contributed by atoms with Crippen LogP contribution < -0.4 is 0 Å². The van der Waals surface area contributed by atoms with Crippen LogP contribution in [0.5, 0.6) is 0 Å². The number of benzene rings is 2. The van der Waals surface area contributed by atoms with Crippen LogP contribution in [-0.4, -0.2) is 9.55 Å². The number of nitrogens with zero attached hydrogens (tertiary/aromatic N) is 2. The van der Waals surface area contributed by atoms with E-state index in [1.807, 2.05) is 35.8 Å². The van der Waals surface area contributed by atoms with E-state index in [-0.39, 0.29) is 0 Å². The molecule has 3 aromatic rings. The van der Waals surface area contributed by atoms with E-state index in [9.17, 15) is 0 Å². The highest BCUT2D eigenvalue weighted by Gasteiger charge is 2.15. The van der Waals surface area contributed by atoms with Gasteiger partial charge in [-0.3, -0.25) is 4.57 Å². The van der Waals surface area contributed by atoms with E-state index in [2.05, 4.69) is 20.9 Å². The molecule has 0 unspecified atom stereocenters. The van der Waals surface area contributed by atoms with Crippen LogP contribution in [0.3, 0.4) is 0 Å². The maximum Gasteiger partial charge on any atom is 0.129 e. The standard InChI is InChI=1S/C15H10BrCl3N2/c1-8-2-3-9(16)4-13(8)21-14-6-11(19)10(18)5-12(14)20-15(21)7-17/h2-6H,7H2,1H3. The van der Waals surface area contributed by atoms with Gasteiger partial charge in [0.25, 0.3) is 0 Å². The zero-order valence-corrected chi connectivity index (χ0v) is 14.9. The van der Waals surface area contributed by atoms with E-state index in [1.54, 1.807) is 6.07 Å². The monoisotopic (exact) mass is 402 g/mol. The lowest BCUT2D eigenvalue weighted by Gasteiger charge is -2.12. The van der Waals surface area contributed by atoms with Crippen LogP contribution in [-0.2, 0) is 5.88 Å². The molecule has 108 valence electrons. The average Bonchev–Trinajstić information content (AvgIpc) is 2.79. The van der Waals surface area contributed by atoms with Crippen molar-refractivity contribution in [1.82, 2.24) is 9.55 Å². The van der Waals surface area contributed by atoms with Crippen molar-refractivity contribution >= 4 is 61.8 Å². The summed E-state index contributed by atoms with van der Waals surface area (Å²) >= 11 is 21.8. The van der Waals surface area contributed by atoms with Gasteiger partial charge in [0, 0.05) is 4.47 Å². The molecule has 0 amide bonds. The lowest BCUT2D eigenvalue weighted by atomic mass is 10.2. The van der Waals surface area contributed by atoms with Crippen molar-refractivity contribution in [3.8, 4) is 5.69 Å². The Bertz CT molecular complexity index is 843. The van der Waals surface area contributed by atoms with Gasteiger partial charge >= 0.3 is 0 Å². The van der Waals surface area contributed by atoms with Crippen molar-refractivity contribution in [2.75, 3.05) is 0 Å². The summed E-state index contributed by atoms with van der Waals surface area (Å²) in [6.45, 7) is 2.04. The molecule has 1 aromatic heterocycles. The van der Waals surface area contributed by atoms with Crippen molar-refractivity contribution in [1.29, 1.82) is 0 Å². The topological polar surface area (TPSA) is 17.8 Å².